The SMILES string of the molecule is CCCCCCC/C=C\C/C=C\CCCCCCCCCCCCCCCCOCC(CO)OC(=O)CCCCCC. The molecule has 0 aromatic heterocycles. The number of esters is 1. The van der Waals surface area contributed by atoms with Crippen LogP contribution < -0.4 is 0 Å². The first-order valence-electron chi connectivity index (χ1n) is 18.4. The maximum atomic E-state index is 11.8. The number of carbonyl (C=O) groups excluding carboxylic acids is 1. The summed E-state index contributed by atoms with van der Waals surface area (Å²) in [6.45, 7) is 5.23. The highest BCUT2D eigenvalue weighted by atomic mass is 16.6. The van der Waals surface area contributed by atoms with Crippen LogP contribution in [0.15, 0.2) is 24.3 Å². The van der Waals surface area contributed by atoms with Crippen LogP contribution in [0.3, 0.4) is 0 Å². The summed E-state index contributed by atoms with van der Waals surface area (Å²) in [5.41, 5.74) is 0. The molecule has 1 N–H and O–H groups in total. The van der Waals surface area contributed by atoms with Crippen LogP contribution in [0, 0.1) is 0 Å². The zero-order valence-electron chi connectivity index (χ0n) is 28.3. The number of carbonyl (C=O) groups is 1. The van der Waals surface area contributed by atoms with E-state index in [2.05, 4.69) is 38.2 Å². The van der Waals surface area contributed by atoms with Gasteiger partial charge in [0.1, 0.15) is 6.10 Å². The molecule has 0 aromatic rings. The van der Waals surface area contributed by atoms with Crippen molar-refractivity contribution >= 4 is 5.97 Å². The van der Waals surface area contributed by atoms with Gasteiger partial charge in [0.2, 0.25) is 0 Å². The fraction of sp³-hybridized carbons (Fsp3) is 0.868. The first-order valence-corrected chi connectivity index (χ1v) is 18.4. The van der Waals surface area contributed by atoms with Gasteiger partial charge < -0.3 is 14.6 Å². The molecule has 0 radical (unpaired) electrons. The van der Waals surface area contributed by atoms with E-state index in [-0.39, 0.29) is 12.6 Å². The summed E-state index contributed by atoms with van der Waals surface area (Å²) in [5.74, 6) is -0.217. The molecule has 0 heterocycles. The van der Waals surface area contributed by atoms with E-state index in [1.807, 2.05) is 0 Å². The predicted octanol–water partition coefficient (Wildman–Crippen LogP) is 11.6. The van der Waals surface area contributed by atoms with E-state index < -0.39 is 6.10 Å². The lowest BCUT2D eigenvalue weighted by molar-refractivity contribution is -0.154. The molecule has 248 valence electrons. The Balaban J connectivity index is 3.30. The summed E-state index contributed by atoms with van der Waals surface area (Å²) in [4.78, 5) is 11.8. The molecule has 0 amide bonds. The van der Waals surface area contributed by atoms with E-state index in [0.717, 1.165) is 38.5 Å². The lowest BCUT2D eigenvalue weighted by Crippen LogP contribution is -2.27. The van der Waals surface area contributed by atoms with Gasteiger partial charge in [-0.05, 0) is 44.9 Å². The number of rotatable bonds is 34. The van der Waals surface area contributed by atoms with Crippen molar-refractivity contribution in [3.05, 3.63) is 24.3 Å². The normalized spacial score (nSPS) is 12.5. The van der Waals surface area contributed by atoms with Crippen molar-refractivity contribution in [3.8, 4) is 0 Å². The minimum Gasteiger partial charge on any atom is -0.457 e. The molecule has 1 unspecified atom stereocenters. The largest absolute Gasteiger partial charge is 0.457 e. The van der Waals surface area contributed by atoms with E-state index >= 15 is 0 Å². The van der Waals surface area contributed by atoms with Crippen LogP contribution in [0.25, 0.3) is 0 Å². The summed E-state index contributed by atoms with van der Waals surface area (Å²) < 4.78 is 11.0. The van der Waals surface area contributed by atoms with Gasteiger partial charge in [-0.1, -0.05) is 160 Å². The van der Waals surface area contributed by atoms with Crippen LogP contribution in [-0.2, 0) is 14.3 Å². The summed E-state index contributed by atoms with van der Waals surface area (Å²) in [7, 11) is 0. The predicted molar refractivity (Wildman–Crippen MR) is 182 cm³/mol. The number of hydrogen-bond acceptors (Lipinski definition) is 4. The van der Waals surface area contributed by atoms with Crippen molar-refractivity contribution in [1.29, 1.82) is 0 Å². The quantitative estimate of drug-likeness (QED) is 0.0459. The van der Waals surface area contributed by atoms with Gasteiger partial charge in [-0.15, -0.1) is 0 Å². The van der Waals surface area contributed by atoms with Gasteiger partial charge in [0.15, 0.2) is 0 Å². The average Bonchev–Trinajstić information content (AvgIpc) is 3.00. The first kappa shape index (κ1) is 40.9. The number of aliphatic hydroxyl groups excluding tert-OH is 1. The molecule has 0 fully saturated rings. The van der Waals surface area contributed by atoms with Crippen molar-refractivity contribution < 1.29 is 19.4 Å². The minimum atomic E-state index is -0.525. The van der Waals surface area contributed by atoms with Gasteiger partial charge in [-0.25, -0.2) is 0 Å². The number of hydrogen-bond donors (Lipinski definition) is 1. The highest BCUT2D eigenvalue weighted by molar-refractivity contribution is 5.69. The molecular formula is C38H72O4. The van der Waals surface area contributed by atoms with E-state index in [9.17, 15) is 9.90 Å². The van der Waals surface area contributed by atoms with Crippen LogP contribution in [0.1, 0.15) is 187 Å². The van der Waals surface area contributed by atoms with Crippen LogP contribution in [-0.4, -0.2) is 37.0 Å². The summed E-state index contributed by atoms with van der Waals surface area (Å²) in [6, 6.07) is 0. The number of ether oxygens (including phenoxy) is 2. The van der Waals surface area contributed by atoms with Gasteiger partial charge >= 0.3 is 5.97 Å². The molecule has 0 saturated carbocycles. The molecular weight excluding hydrogens is 520 g/mol. The van der Waals surface area contributed by atoms with E-state index in [1.54, 1.807) is 0 Å². The van der Waals surface area contributed by atoms with Crippen molar-refractivity contribution in [2.75, 3.05) is 19.8 Å². The highest BCUT2D eigenvalue weighted by Crippen LogP contribution is 2.14. The Kier molecular flexibility index (Phi) is 35.1. The molecule has 0 aliphatic rings. The number of allylic oxidation sites excluding steroid dienone is 4. The van der Waals surface area contributed by atoms with E-state index in [0.29, 0.717) is 19.6 Å². The van der Waals surface area contributed by atoms with Crippen LogP contribution >= 0.6 is 0 Å². The highest BCUT2D eigenvalue weighted by Gasteiger charge is 2.13. The second-order valence-electron chi connectivity index (χ2n) is 12.3. The van der Waals surface area contributed by atoms with Gasteiger partial charge in [0.05, 0.1) is 13.2 Å². The molecule has 0 bridgehead atoms. The second kappa shape index (κ2) is 36.1. The summed E-state index contributed by atoms with van der Waals surface area (Å²) in [6.07, 6.45) is 42.8. The Hall–Kier alpha value is -1.13. The summed E-state index contributed by atoms with van der Waals surface area (Å²) in [5, 5.41) is 9.42. The molecule has 1 atom stereocenters. The maximum absolute atomic E-state index is 11.8. The van der Waals surface area contributed by atoms with Gasteiger partial charge in [0, 0.05) is 13.0 Å². The lowest BCUT2D eigenvalue weighted by atomic mass is 10.0. The molecule has 0 rings (SSSR count). The topological polar surface area (TPSA) is 55.8 Å². The average molecular weight is 593 g/mol. The standard InChI is InChI=1S/C38H72O4/c1-3-5-7-9-10-11-12-13-14-15-16-17-18-19-20-21-22-23-24-25-26-27-28-29-30-32-34-41-36-37(35-39)42-38(40)33-31-8-6-4-2/h12-13,15-16,37,39H,3-11,14,17-36H2,1-2H3/b13-12-,16-15-. The van der Waals surface area contributed by atoms with Gasteiger partial charge in [0.25, 0.3) is 0 Å². The fourth-order valence-corrected chi connectivity index (χ4v) is 5.24. The number of aliphatic hydroxyl groups is 1. The molecule has 42 heavy (non-hydrogen) atoms. The van der Waals surface area contributed by atoms with Crippen LogP contribution in [0.2, 0.25) is 0 Å². The molecule has 4 nitrogen and oxygen atoms in total. The monoisotopic (exact) mass is 593 g/mol. The third-order valence-corrected chi connectivity index (χ3v) is 8.03. The smallest absolute Gasteiger partial charge is 0.306 e. The fourth-order valence-electron chi connectivity index (χ4n) is 5.24. The lowest BCUT2D eigenvalue weighted by Gasteiger charge is -2.15. The van der Waals surface area contributed by atoms with Gasteiger partial charge in [-0.3, -0.25) is 4.79 Å². The zero-order chi connectivity index (χ0) is 30.6. The van der Waals surface area contributed by atoms with Gasteiger partial charge in [-0.2, -0.15) is 0 Å². The second-order valence-corrected chi connectivity index (χ2v) is 12.3. The van der Waals surface area contributed by atoms with E-state index in [4.69, 9.17) is 9.47 Å². The van der Waals surface area contributed by atoms with Crippen molar-refractivity contribution in [1.82, 2.24) is 0 Å². The Labute approximate surface area is 262 Å². The van der Waals surface area contributed by atoms with Crippen molar-refractivity contribution in [2.24, 2.45) is 0 Å². The van der Waals surface area contributed by atoms with Crippen LogP contribution in [0.5, 0.6) is 0 Å². The third-order valence-electron chi connectivity index (χ3n) is 8.03. The van der Waals surface area contributed by atoms with Crippen molar-refractivity contribution in [3.63, 3.8) is 0 Å². The molecule has 4 heteroatoms. The minimum absolute atomic E-state index is 0.170. The Morgan fingerprint density at radius 1 is 0.571 bits per heavy atom. The molecule has 0 aromatic carbocycles. The Morgan fingerprint density at radius 2 is 1.00 bits per heavy atom. The summed E-state index contributed by atoms with van der Waals surface area (Å²) >= 11 is 0. The van der Waals surface area contributed by atoms with E-state index in [1.165, 1.54) is 128 Å². The Bertz CT molecular complexity index is 586. The number of unbranched alkanes of at least 4 members (excludes halogenated alkanes) is 22. The van der Waals surface area contributed by atoms with Crippen LogP contribution in [0.4, 0.5) is 0 Å². The van der Waals surface area contributed by atoms with Crippen molar-refractivity contribution in [2.45, 2.75) is 193 Å². The third kappa shape index (κ3) is 33.4. The first-order chi connectivity index (χ1) is 20.7. The molecule has 0 saturated heterocycles. The Morgan fingerprint density at radius 3 is 1.48 bits per heavy atom. The molecule has 0 spiro atoms. The molecule has 0 aliphatic heterocycles. The molecule has 0 aliphatic carbocycles. The maximum Gasteiger partial charge on any atom is 0.306 e. The zero-order valence-corrected chi connectivity index (χ0v) is 28.3.